The second-order valence-electron chi connectivity index (χ2n) is 8.56. The van der Waals surface area contributed by atoms with Gasteiger partial charge in [-0.3, -0.25) is 9.78 Å². The van der Waals surface area contributed by atoms with E-state index in [1.807, 2.05) is 36.3 Å². The minimum absolute atomic E-state index is 0.00996. The molecule has 4 rings (SSSR count). The Kier molecular flexibility index (Phi) is 7.74. The van der Waals surface area contributed by atoms with Crippen molar-refractivity contribution in [2.24, 2.45) is 0 Å². The Balaban J connectivity index is 1.49. The van der Waals surface area contributed by atoms with E-state index < -0.39 is 12.1 Å². The quantitative estimate of drug-likeness (QED) is 0.529. The summed E-state index contributed by atoms with van der Waals surface area (Å²) in [5, 5.41) is 4.57. The first-order valence-electron chi connectivity index (χ1n) is 11.3. The normalized spacial score (nSPS) is 17.4. The number of benzene rings is 1. The Bertz CT molecular complexity index is 995. The average molecular weight is 498 g/mol. The first-order valence-corrected chi connectivity index (χ1v) is 12.6. The molecule has 1 N–H and O–H groups in total. The molecule has 1 aliphatic carbocycles. The number of hydrogen-bond acceptors (Lipinski definition) is 4. The second kappa shape index (κ2) is 10.6. The van der Waals surface area contributed by atoms with Gasteiger partial charge in [-0.1, -0.05) is 36.9 Å². The number of aromatic nitrogens is 1. The fourth-order valence-electron chi connectivity index (χ4n) is 4.58. The van der Waals surface area contributed by atoms with Gasteiger partial charge in [-0.25, -0.2) is 0 Å². The standard InChI is InChI=1S/C24H27ClF3N3OS/c25-20-7-6-16-9-12-31(23(32)24(26,27)28)13-10-19(16)22(20)30-15-17-14-29-11-8-21(17)33-18-4-2-1-3-5-18/h6-8,11,14,18,30H,1-5,9-10,12-13,15H2. The minimum Gasteiger partial charge on any atom is -0.379 e. The van der Waals surface area contributed by atoms with Crippen LogP contribution in [0.15, 0.2) is 35.5 Å². The molecule has 1 aromatic heterocycles. The second-order valence-corrected chi connectivity index (χ2v) is 10.3. The first kappa shape index (κ1) is 24.2. The van der Waals surface area contributed by atoms with Crippen LogP contribution in [0.25, 0.3) is 0 Å². The van der Waals surface area contributed by atoms with E-state index in [4.69, 9.17) is 11.6 Å². The molecule has 2 aliphatic rings. The molecule has 1 amide bonds. The van der Waals surface area contributed by atoms with E-state index >= 15 is 0 Å². The van der Waals surface area contributed by atoms with Crippen LogP contribution < -0.4 is 5.32 Å². The fraction of sp³-hybridized carbons (Fsp3) is 0.500. The number of fused-ring (bicyclic) bond motifs is 1. The Morgan fingerprint density at radius 1 is 1.15 bits per heavy atom. The van der Waals surface area contributed by atoms with Gasteiger partial charge in [0.15, 0.2) is 0 Å². The average Bonchev–Trinajstić information content (AvgIpc) is 3.02. The third kappa shape index (κ3) is 5.96. The van der Waals surface area contributed by atoms with Gasteiger partial charge in [0.05, 0.1) is 10.7 Å². The lowest BCUT2D eigenvalue weighted by Crippen LogP contribution is -2.42. The van der Waals surface area contributed by atoms with Crippen molar-refractivity contribution >= 4 is 35.0 Å². The molecular formula is C24H27ClF3N3OS. The van der Waals surface area contributed by atoms with E-state index in [1.54, 1.807) is 6.07 Å². The highest BCUT2D eigenvalue weighted by Crippen LogP contribution is 2.36. The molecule has 178 valence electrons. The van der Waals surface area contributed by atoms with Crippen molar-refractivity contribution in [2.75, 3.05) is 18.4 Å². The van der Waals surface area contributed by atoms with E-state index in [1.165, 1.54) is 37.0 Å². The van der Waals surface area contributed by atoms with Gasteiger partial charge >= 0.3 is 12.1 Å². The number of nitrogens with one attached hydrogen (secondary N) is 1. The van der Waals surface area contributed by atoms with Crippen molar-refractivity contribution in [1.29, 1.82) is 0 Å². The van der Waals surface area contributed by atoms with E-state index in [2.05, 4.69) is 10.3 Å². The molecule has 0 atom stereocenters. The van der Waals surface area contributed by atoms with Crippen LogP contribution in [-0.4, -0.2) is 40.3 Å². The molecular weight excluding hydrogens is 471 g/mol. The van der Waals surface area contributed by atoms with Crippen LogP contribution in [0, 0.1) is 0 Å². The summed E-state index contributed by atoms with van der Waals surface area (Å²) in [7, 11) is 0. The number of halogens is 4. The SMILES string of the molecule is O=C(N1CCc2ccc(Cl)c(NCc3cnccc3SC3CCCCC3)c2CC1)C(F)(F)F. The fourth-order valence-corrected chi connectivity index (χ4v) is 6.17. The molecule has 9 heteroatoms. The summed E-state index contributed by atoms with van der Waals surface area (Å²) in [6.45, 7) is 0.567. The zero-order valence-electron chi connectivity index (χ0n) is 18.3. The number of carbonyl (C=O) groups excluding carboxylic acids is 1. The van der Waals surface area contributed by atoms with E-state index in [0.717, 1.165) is 27.3 Å². The van der Waals surface area contributed by atoms with E-state index in [0.29, 0.717) is 29.7 Å². The van der Waals surface area contributed by atoms with Crippen molar-refractivity contribution in [3.8, 4) is 0 Å². The zero-order valence-corrected chi connectivity index (χ0v) is 19.8. The van der Waals surface area contributed by atoms with Gasteiger partial charge < -0.3 is 10.2 Å². The summed E-state index contributed by atoms with van der Waals surface area (Å²) in [6.07, 6.45) is 5.80. The predicted octanol–water partition coefficient (Wildman–Crippen LogP) is 6.26. The van der Waals surface area contributed by atoms with Gasteiger partial charge in [0, 0.05) is 47.7 Å². The van der Waals surface area contributed by atoms with Gasteiger partial charge in [-0.05, 0) is 48.9 Å². The highest BCUT2D eigenvalue weighted by Gasteiger charge is 2.42. The number of carbonyl (C=O) groups is 1. The molecule has 1 saturated carbocycles. The number of alkyl halides is 3. The van der Waals surface area contributed by atoms with E-state index in [9.17, 15) is 18.0 Å². The molecule has 2 aromatic rings. The number of nitrogens with zero attached hydrogens (tertiary/aromatic N) is 2. The molecule has 0 saturated heterocycles. The van der Waals surface area contributed by atoms with Gasteiger partial charge in [-0.15, -0.1) is 11.8 Å². The van der Waals surface area contributed by atoms with Crippen LogP contribution in [0.4, 0.5) is 18.9 Å². The zero-order chi connectivity index (χ0) is 23.4. The third-order valence-corrected chi connectivity index (χ3v) is 8.10. The van der Waals surface area contributed by atoms with Crippen LogP contribution in [0.1, 0.15) is 48.8 Å². The van der Waals surface area contributed by atoms with Crippen LogP contribution in [0.3, 0.4) is 0 Å². The largest absolute Gasteiger partial charge is 0.471 e. The van der Waals surface area contributed by atoms with Crippen molar-refractivity contribution in [2.45, 2.75) is 67.8 Å². The predicted molar refractivity (Wildman–Crippen MR) is 126 cm³/mol. The number of thioether (sulfide) groups is 1. The topological polar surface area (TPSA) is 45.2 Å². The minimum atomic E-state index is -4.86. The number of anilines is 1. The number of rotatable bonds is 5. The highest BCUT2D eigenvalue weighted by atomic mass is 35.5. The smallest absolute Gasteiger partial charge is 0.379 e. The lowest BCUT2D eigenvalue weighted by atomic mass is 10.0. The van der Waals surface area contributed by atoms with Gasteiger partial charge in [0.1, 0.15) is 0 Å². The molecule has 2 heterocycles. The Morgan fingerprint density at radius 3 is 2.67 bits per heavy atom. The molecule has 0 radical (unpaired) electrons. The summed E-state index contributed by atoms with van der Waals surface area (Å²) >= 11 is 8.41. The summed E-state index contributed by atoms with van der Waals surface area (Å²) in [6, 6.07) is 5.66. The Hall–Kier alpha value is -1.93. The van der Waals surface area contributed by atoms with Crippen LogP contribution in [0.2, 0.25) is 5.02 Å². The third-order valence-electron chi connectivity index (χ3n) is 6.33. The monoisotopic (exact) mass is 497 g/mol. The van der Waals surface area contributed by atoms with Crippen molar-refractivity contribution in [3.63, 3.8) is 0 Å². The molecule has 0 unspecified atom stereocenters. The number of hydrogen-bond donors (Lipinski definition) is 1. The molecule has 0 bridgehead atoms. The first-order chi connectivity index (χ1) is 15.8. The van der Waals surface area contributed by atoms with Crippen LogP contribution in [-0.2, 0) is 24.2 Å². The maximum absolute atomic E-state index is 12.9. The number of amides is 1. The van der Waals surface area contributed by atoms with Gasteiger partial charge in [0.25, 0.3) is 0 Å². The van der Waals surface area contributed by atoms with Gasteiger partial charge in [0.2, 0.25) is 0 Å². The van der Waals surface area contributed by atoms with Crippen LogP contribution in [0.5, 0.6) is 0 Å². The molecule has 33 heavy (non-hydrogen) atoms. The Labute approximate surface area is 201 Å². The Morgan fingerprint density at radius 2 is 1.91 bits per heavy atom. The lowest BCUT2D eigenvalue weighted by Gasteiger charge is -2.22. The maximum atomic E-state index is 12.9. The molecule has 0 spiro atoms. The van der Waals surface area contributed by atoms with E-state index in [-0.39, 0.29) is 13.1 Å². The number of pyridine rings is 1. The molecule has 1 fully saturated rings. The van der Waals surface area contributed by atoms with Crippen molar-refractivity contribution in [3.05, 3.63) is 52.3 Å². The summed E-state index contributed by atoms with van der Waals surface area (Å²) < 4.78 is 38.8. The summed E-state index contributed by atoms with van der Waals surface area (Å²) in [5.74, 6) is -1.78. The molecule has 1 aromatic carbocycles. The maximum Gasteiger partial charge on any atom is 0.471 e. The van der Waals surface area contributed by atoms with Crippen LogP contribution >= 0.6 is 23.4 Å². The highest BCUT2D eigenvalue weighted by molar-refractivity contribution is 8.00. The van der Waals surface area contributed by atoms with Gasteiger partial charge in [-0.2, -0.15) is 13.2 Å². The molecule has 4 nitrogen and oxygen atoms in total. The van der Waals surface area contributed by atoms with Crippen molar-refractivity contribution < 1.29 is 18.0 Å². The summed E-state index contributed by atoms with van der Waals surface area (Å²) in [5.41, 5.74) is 3.60. The van der Waals surface area contributed by atoms with Crippen molar-refractivity contribution in [1.82, 2.24) is 9.88 Å². The summed E-state index contributed by atoms with van der Waals surface area (Å²) in [4.78, 5) is 18.1. The lowest BCUT2D eigenvalue weighted by molar-refractivity contribution is -0.185. The molecule has 1 aliphatic heterocycles.